The predicted octanol–water partition coefficient (Wildman–Crippen LogP) is 7.54. The zero-order valence-electron chi connectivity index (χ0n) is 16.4. The standard InChI is InChI=1S/C20H43O2P/c1-5-9-11-13-17-19(15-7-3)23(21,22)20(16-8-4)18-14-12-10-6-2/h19-20H,5-18H2,1-4H3,(H,21,22). The Morgan fingerprint density at radius 1 is 0.609 bits per heavy atom. The van der Waals surface area contributed by atoms with Crippen molar-refractivity contribution in [3.05, 3.63) is 0 Å². The second kappa shape index (κ2) is 14.5. The van der Waals surface area contributed by atoms with Gasteiger partial charge in [0, 0.05) is 11.3 Å². The van der Waals surface area contributed by atoms with Crippen LogP contribution in [0.3, 0.4) is 0 Å². The molecule has 0 amide bonds. The Labute approximate surface area is 146 Å². The average molecular weight is 347 g/mol. The molecule has 0 radical (unpaired) electrons. The summed E-state index contributed by atoms with van der Waals surface area (Å²) in [4.78, 5) is 11.0. The van der Waals surface area contributed by atoms with E-state index in [4.69, 9.17) is 0 Å². The molecule has 0 spiro atoms. The van der Waals surface area contributed by atoms with Crippen molar-refractivity contribution in [2.75, 3.05) is 0 Å². The Balaban J connectivity index is 4.69. The van der Waals surface area contributed by atoms with E-state index in [0.717, 1.165) is 51.4 Å². The molecule has 0 aliphatic carbocycles. The summed E-state index contributed by atoms with van der Waals surface area (Å²) in [6.45, 7) is 8.73. The normalized spacial score (nSPS) is 16.9. The maximum atomic E-state index is 13.3. The number of hydrogen-bond donors (Lipinski definition) is 1. The minimum Gasteiger partial charge on any atom is -0.344 e. The molecule has 2 unspecified atom stereocenters. The van der Waals surface area contributed by atoms with E-state index in [1.807, 2.05) is 0 Å². The van der Waals surface area contributed by atoms with E-state index >= 15 is 0 Å². The van der Waals surface area contributed by atoms with Gasteiger partial charge in [-0.15, -0.1) is 0 Å². The Morgan fingerprint density at radius 3 is 1.30 bits per heavy atom. The minimum absolute atomic E-state index is 0.0482. The van der Waals surface area contributed by atoms with Crippen molar-refractivity contribution in [3.8, 4) is 0 Å². The maximum Gasteiger partial charge on any atom is 0.206 e. The molecule has 0 bridgehead atoms. The van der Waals surface area contributed by atoms with E-state index in [2.05, 4.69) is 27.7 Å². The lowest BCUT2D eigenvalue weighted by molar-refractivity contribution is 0.416. The van der Waals surface area contributed by atoms with E-state index in [1.54, 1.807) is 0 Å². The largest absolute Gasteiger partial charge is 0.344 e. The highest BCUT2D eigenvalue weighted by atomic mass is 31.2. The number of hydrogen-bond acceptors (Lipinski definition) is 1. The lowest BCUT2D eigenvalue weighted by Crippen LogP contribution is -2.19. The van der Waals surface area contributed by atoms with Crippen LogP contribution in [0.5, 0.6) is 0 Å². The fourth-order valence-corrected chi connectivity index (χ4v) is 6.56. The molecule has 0 aromatic rings. The Morgan fingerprint density at radius 2 is 1.00 bits per heavy atom. The van der Waals surface area contributed by atoms with Crippen LogP contribution in [0.2, 0.25) is 0 Å². The van der Waals surface area contributed by atoms with Gasteiger partial charge in [0.2, 0.25) is 7.37 Å². The van der Waals surface area contributed by atoms with Crippen LogP contribution in [0.1, 0.15) is 118 Å². The van der Waals surface area contributed by atoms with Gasteiger partial charge in [-0.05, 0) is 25.7 Å². The van der Waals surface area contributed by atoms with Crippen LogP contribution in [-0.2, 0) is 4.57 Å². The summed E-state index contributed by atoms with van der Waals surface area (Å²) in [5.74, 6) is 0. The maximum absolute atomic E-state index is 13.3. The molecule has 0 aliphatic rings. The van der Waals surface area contributed by atoms with Gasteiger partial charge in [0.05, 0.1) is 0 Å². The predicted molar refractivity (Wildman–Crippen MR) is 105 cm³/mol. The van der Waals surface area contributed by atoms with Gasteiger partial charge in [0.25, 0.3) is 0 Å². The molecule has 0 aromatic carbocycles. The third-order valence-corrected chi connectivity index (χ3v) is 8.20. The third kappa shape index (κ3) is 9.92. The molecule has 3 heteroatoms. The zero-order chi connectivity index (χ0) is 17.6. The molecular formula is C20H43O2P. The minimum atomic E-state index is -3.04. The van der Waals surface area contributed by atoms with Gasteiger partial charge < -0.3 is 4.89 Å². The Hall–Kier alpha value is 0.190. The van der Waals surface area contributed by atoms with Gasteiger partial charge in [0.15, 0.2) is 0 Å². The van der Waals surface area contributed by atoms with Crippen molar-refractivity contribution in [2.45, 2.75) is 129 Å². The van der Waals surface area contributed by atoms with Crippen molar-refractivity contribution >= 4 is 7.37 Å². The van der Waals surface area contributed by atoms with E-state index in [-0.39, 0.29) is 11.3 Å². The van der Waals surface area contributed by atoms with E-state index < -0.39 is 7.37 Å². The zero-order valence-corrected chi connectivity index (χ0v) is 17.3. The molecule has 0 fully saturated rings. The second-order valence-electron chi connectivity index (χ2n) is 7.26. The fraction of sp³-hybridized carbons (Fsp3) is 1.00. The highest BCUT2D eigenvalue weighted by Gasteiger charge is 2.37. The fourth-order valence-electron chi connectivity index (χ4n) is 3.61. The first-order chi connectivity index (χ1) is 11.0. The summed E-state index contributed by atoms with van der Waals surface area (Å²) in [6, 6.07) is 0. The van der Waals surface area contributed by atoms with Crippen molar-refractivity contribution in [2.24, 2.45) is 0 Å². The topological polar surface area (TPSA) is 37.3 Å². The van der Waals surface area contributed by atoms with Crippen LogP contribution >= 0.6 is 7.37 Å². The number of unbranched alkanes of at least 4 members (excludes halogenated alkanes) is 6. The summed E-state index contributed by atoms with van der Waals surface area (Å²) >= 11 is 0. The highest BCUT2D eigenvalue weighted by molar-refractivity contribution is 7.59. The average Bonchev–Trinajstić information content (AvgIpc) is 2.53. The van der Waals surface area contributed by atoms with Crippen LogP contribution in [0.25, 0.3) is 0 Å². The van der Waals surface area contributed by atoms with Crippen LogP contribution < -0.4 is 0 Å². The van der Waals surface area contributed by atoms with Gasteiger partial charge in [-0.1, -0.05) is 91.9 Å². The molecule has 2 nitrogen and oxygen atoms in total. The quantitative estimate of drug-likeness (QED) is 0.231. The van der Waals surface area contributed by atoms with Gasteiger partial charge in [-0.3, -0.25) is 4.57 Å². The SMILES string of the molecule is CCCCCCC(CCC)P(=O)(O)C(CCC)CCCCCC. The van der Waals surface area contributed by atoms with Crippen LogP contribution in [0.15, 0.2) is 0 Å². The number of rotatable bonds is 16. The monoisotopic (exact) mass is 346 g/mol. The van der Waals surface area contributed by atoms with E-state index in [1.165, 1.54) is 38.5 Å². The summed E-state index contributed by atoms with van der Waals surface area (Å²) in [6.07, 6.45) is 15.4. The van der Waals surface area contributed by atoms with Crippen molar-refractivity contribution in [3.63, 3.8) is 0 Å². The second-order valence-corrected chi connectivity index (χ2v) is 10.1. The molecule has 1 N–H and O–H groups in total. The molecule has 0 rings (SSSR count). The van der Waals surface area contributed by atoms with Gasteiger partial charge in [-0.2, -0.15) is 0 Å². The van der Waals surface area contributed by atoms with Gasteiger partial charge in [-0.25, -0.2) is 0 Å². The van der Waals surface area contributed by atoms with E-state index in [0.29, 0.717) is 0 Å². The molecule has 0 saturated carbocycles. The molecule has 0 aromatic heterocycles. The van der Waals surface area contributed by atoms with Crippen LogP contribution in [0.4, 0.5) is 0 Å². The van der Waals surface area contributed by atoms with Crippen molar-refractivity contribution < 1.29 is 9.46 Å². The summed E-state index contributed by atoms with van der Waals surface area (Å²) < 4.78 is 13.3. The first-order valence-electron chi connectivity index (χ1n) is 10.4. The highest BCUT2D eigenvalue weighted by Crippen LogP contribution is 2.57. The molecular weight excluding hydrogens is 303 g/mol. The van der Waals surface area contributed by atoms with Crippen molar-refractivity contribution in [1.82, 2.24) is 0 Å². The Bertz CT molecular complexity index is 278. The first-order valence-corrected chi connectivity index (χ1v) is 12.2. The van der Waals surface area contributed by atoms with Gasteiger partial charge >= 0.3 is 0 Å². The van der Waals surface area contributed by atoms with E-state index in [9.17, 15) is 9.46 Å². The molecule has 23 heavy (non-hydrogen) atoms. The van der Waals surface area contributed by atoms with Gasteiger partial charge in [0.1, 0.15) is 0 Å². The molecule has 0 heterocycles. The van der Waals surface area contributed by atoms with Crippen LogP contribution in [0, 0.1) is 0 Å². The lowest BCUT2D eigenvalue weighted by Gasteiger charge is -2.30. The summed E-state index contributed by atoms with van der Waals surface area (Å²) in [5.41, 5.74) is 0.0964. The third-order valence-electron chi connectivity index (χ3n) is 5.07. The lowest BCUT2D eigenvalue weighted by atomic mass is 10.1. The molecule has 2 atom stereocenters. The first kappa shape index (κ1) is 23.2. The molecule has 140 valence electrons. The molecule has 0 saturated heterocycles. The molecule has 0 aliphatic heterocycles. The van der Waals surface area contributed by atoms with Crippen molar-refractivity contribution in [1.29, 1.82) is 0 Å². The summed E-state index contributed by atoms with van der Waals surface area (Å²) in [5, 5.41) is 0. The Kier molecular flexibility index (Phi) is 14.6. The smallest absolute Gasteiger partial charge is 0.206 e. The summed E-state index contributed by atoms with van der Waals surface area (Å²) in [7, 11) is -3.04. The van der Waals surface area contributed by atoms with Crippen LogP contribution in [-0.4, -0.2) is 16.2 Å².